The highest BCUT2D eigenvalue weighted by atomic mass is 16.5. The third-order valence-corrected chi connectivity index (χ3v) is 2.29. The van der Waals surface area contributed by atoms with E-state index in [1.54, 1.807) is 6.08 Å². The summed E-state index contributed by atoms with van der Waals surface area (Å²) in [6.07, 6.45) is 3.57. The number of hydrogen-bond donors (Lipinski definition) is 0. The van der Waals surface area contributed by atoms with E-state index in [1.807, 2.05) is 37.3 Å². The van der Waals surface area contributed by atoms with E-state index in [-0.39, 0.29) is 12.1 Å². The Bertz CT molecular complexity index is 330. The van der Waals surface area contributed by atoms with Crippen LogP contribution in [0.2, 0.25) is 0 Å². The Kier molecular flexibility index (Phi) is 5.34. The van der Waals surface area contributed by atoms with Gasteiger partial charge in [-0.1, -0.05) is 36.4 Å². The molecular formula is C14H18O2. The Morgan fingerprint density at radius 1 is 1.44 bits per heavy atom. The van der Waals surface area contributed by atoms with E-state index in [0.717, 1.165) is 12.0 Å². The smallest absolute Gasteiger partial charge is 0.306 e. The molecule has 0 heterocycles. The highest BCUT2D eigenvalue weighted by Gasteiger charge is 2.07. The molecule has 1 atom stereocenters. The minimum absolute atomic E-state index is 0.0687. The van der Waals surface area contributed by atoms with Gasteiger partial charge in [-0.15, -0.1) is 6.58 Å². The van der Waals surface area contributed by atoms with Crippen molar-refractivity contribution in [1.29, 1.82) is 0 Å². The number of ether oxygens (including phenoxy) is 1. The molecule has 1 aromatic rings. The fourth-order valence-electron chi connectivity index (χ4n) is 1.46. The Morgan fingerprint density at radius 2 is 2.12 bits per heavy atom. The number of rotatable bonds is 6. The molecule has 0 aliphatic carbocycles. The van der Waals surface area contributed by atoms with E-state index in [9.17, 15) is 4.79 Å². The van der Waals surface area contributed by atoms with Crippen molar-refractivity contribution in [3.05, 3.63) is 48.6 Å². The van der Waals surface area contributed by atoms with Gasteiger partial charge in [0.05, 0.1) is 0 Å². The Labute approximate surface area is 96.9 Å². The Morgan fingerprint density at radius 3 is 2.75 bits per heavy atom. The first-order chi connectivity index (χ1) is 7.72. The standard InChI is InChI=1S/C14H18O2/c1-3-7-12(2)16-14(15)11-10-13-8-5-4-6-9-13/h3-6,8-9,12H,1,7,10-11H2,2H3. The van der Waals surface area contributed by atoms with Gasteiger partial charge in [-0.05, 0) is 18.9 Å². The van der Waals surface area contributed by atoms with Gasteiger partial charge in [-0.3, -0.25) is 4.79 Å². The molecule has 0 N–H and O–H groups in total. The fourth-order valence-corrected chi connectivity index (χ4v) is 1.46. The molecule has 1 unspecified atom stereocenters. The lowest BCUT2D eigenvalue weighted by atomic mass is 10.1. The maximum Gasteiger partial charge on any atom is 0.306 e. The largest absolute Gasteiger partial charge is 0.462 e. The fraction of sp³-hybridized carbons (Fsp3) is 0.357. The third kappa shape index (κ3) is 4.78. The number of benzene rings is 1. The van der Waals surface area contributed by atoms with Crippen molar-refractivity contribution >= 4 is 5.97 Å². The summed E-state index contributed by atoms with van der Waals surface area (Å²) in [5, 5.41) is 0. The first-order valence-electron chi connectivity index (χ1n) is 5.56. The van der Waals surface area contributed by atoms with E-state index < -0.39 is 0 Å². The van der Waals surface area contributed by atoms with Crippen molar-refractivity contribution in [2.75, 3.05) is 0 Å². The molecule has 0 saturated heterocycles. The van der Waals surface area contributed by atoms with Crippen molar-refractivity contribution < 1.29 is 9.53 Å². The highest BCUT2D eigenvalue weighted by Crippen LogP contribution is 2.05. The normalized spacial score (nSPS) is 11.8. The van der Waals surface area contributed by atoms with Gasteiger partial charge in [0.25, 0.3) is 0 Å². The summed E-state index contributed by atoms with van der Waals surface area (Å²) < 4.78 is 5.20. The molecule has 1 aromatic carbocycles. The second-order valence-corrected chi connectivity index (χ2v) is 3.81. The molecule has 0 bridgehead atoms. The first-order valence-corrected chi connectivity index (χ1v) is 5.56. The minimum atomic E-state index is -0.141. The predicted octanol–water partition coefficient (Wildman–Crippen LogP) is 3.13. The minimum Gasteiger partial charge on any atom is -0.462 e. The number of hydrogen-bond acceptors (Lipinski definition) is 2. The molecule has 0 amide bonds. The van der Waals surface area contributed by atoms with Crippen LogP contribution in [0.3, 0.4) is 0 Å². The average Bonchev–Trinajstić information content (AvgIpc) is 2.28. The zero-order chi connectivity index (χ0) is 11.8. The molecule has 0 aliphatic heterocycles. The van der Waals surface area contributed by atoms with Gasteiger partial charge >= 0.3 is 5.97 Å². The molecule has 16 heavy (non-hydrogen) atoms. The predicted molar refractivity (Wildman–Crippen MR) is 65.1 cm³/mol. The van der Waals surface area contributed by atoms with Gasteiger partial charge in [0.2, 0.25) is 0 Å². The summed E-state index contributed by atoms with van der Waals surface area (Å²) in [4.78, 5) is 11.4. The van der Waals surface area contributed by atoms with Gasteiger partial charge in [-0.2, -0.15) is 0 Å². The van der Waals surface area contributed by atoms with Gasteiger partial charge < -0.3 is 4.74 Å². The lowest BCUT2D eigenvalue weighted by Crippen LogP contribution is -2.14. The third-order valence-electron chi connectivity index (χ3n) is 2.29. The van der Waals surface area contributed by atoms with Crippen LogP contribution < -0.4 is 0 Å². The molecular weight excluding hydrogens is 200 g/mol. The van der Waals surface area contributed by atoms with E-state index in [2.05, 4.69) is 6.58 Å². The zero-order valence-electron chi connectivity index (χ0n) is 9.69. The maximum atomic E-state index is 11.4. The van der Waals surface area contributed by atoms with Crippen LogP contribution in [0.5, 0.6) is 0 Å². The van der Waals surface area contributed by atoms with Crippen molar-refractivity contribution in [2.24, 2.45) is 0 Å². The molecule has 86 valence electrons. The van der Waals surface area contributed by atoms with Crippen LogP contribution in [-0.2, 0) is 16.0 Å². The van der Waals surface area contributed by atoms with Crippen molar-refractivity contribution in [3.63, 3.8) is 0 Å². The second kappa shape index (κ2) is 6.83. The van der Waals surface area contributed by atoms with Crippen LogP contribution in [-0.4, -0.2) is 12.1 Å². The molecule has 0 fully saturated rings. The van der Waals surface area contributed by atoms with Crippen LogP contribution in [0, 0.1) is 0 Å². The topological polar surface area (TPSA) is 26.3 Å². The monoisotopic (exact) mass is 218 g/mol. The molecule has 2 heteroatoms. The van der Waals surface area contributed by atoms with Crippen LogP contribution >= 0.6 is 0 Å². The van der Waals surface area contributed by atoms with E-state index in [4.69, 9.17) is 4.74 Å². The SMILES string of the molecule is C=CCC(C)OC(=O)CCc1ccccc1. The Balaban J connectivity index is 2.28. The van der Waals surface area contributed by atoms with E-state index >= 15 is 0 Å². The number of carbonyl (C=O) groups excluding carboxylic acids is 1. The summed E-state index contributed by atoms with van der Waals surface area (Å²) >= 11 is 0. The maximum absolute atomic E-state index is 11.4. The molecule has 2 nitrogen and oxygen atoms in total. The van der Waals surface area contributed by atoms with Crippen molar-refractivity contribution in [3.8, 4) is 0 Å². The number of esters is 1. The van der Waals surface area contributed by atoms with Crippen molar-refractivity contribution in [2.45, 2.75) is 32.3 Å². The highest BCUT2D eigenvalue weighted by molar-refractivity contribution is 5.69. The summed E-state index contributed by atoms with van der Waals surface area (Å²) in [6, 6.07) is 9.94. The lowest BCUT2D eigenvalue weighted by Gasteiger charge is -2.10. The van der Waals surface area contributed by atoms with Crippen LogP contribution in [0.1, 0.15) is 25.3 Å². The molecule has 1 rings (SSSR count). The molecule has 0 saturated carbocycles. The molecule has 0 aromatic heterocycles. The number of carbonyl (C=O) groups is 1. The summed E-state index contributed by atoms with van der Waals surface area (Å²) in [5.74, 6) is -0.141. The number of aryl methyl sites for hydroxylation is 1. The molecule has 0 aliphatic rings. The second-order valence-electron chi connectivity index (χ2n) is 3.81. The van der Waals surface area contributed by atoms with E-state index in [0.29, 0.717) is 12.8 Å². The van der Waals surface area contributed by atoms with Gasteiger partial charge in [0, 0.05) is 12.8 Å². The van der Waals surface area contributed by atoms with Crippen LogP contribution in [0.15, 0.2) is 43.0 Å². The van der Waals surface area contributed by atoms with Crippen LogP contribution in [0.4, 0.5) is 0 Å². The van der Waals surface area contributed by atoms with Crippen molar-refractivity contribution in [1.82, 2.24) is 0 Å². The first kappa shape index (κ1) is 12.5. The van der Waals surface area contributed by atoms with E-state index in [1.165, 1.54) is 0 Å². The summed E-state index contributed by atoms with van der Waals surface area (Å²) in [7, 11) is 0. The van der Waals surface area contributed by atoms with Gasteiger partial charge in [-0.25, -0.2) is 0 Å². The molecule has 0 spiro atoms. The average molecular weight is 218 g/mol. The Hall–Kier alpha value is -1.57. The van der Waals surface area contributed by atoms with Crippen LogP contribution in [0.25, 0.3) is 0 Å². The van der Waals surface area contributed by atoms with Gasteiger partial charge in [0.1, 0.15) is 6.10 Å². The lowest BCUT2D eigenvalue weighted by molar-refractivity contribution is -0.147. The zero-order valence-corrected chi connectivity index (χ0v) is 9.69. The summed E-state index contributed by atoms with van der Waals surface area (Å²) in [6.45, 7) is 5.49. The summed E-state index contributed by atoms with van der Waals surface area (Å²) in [5.41, 5.74) is 1.16. The quantitative estimate of drug-likeness (QED) is 0.541. The van der Waals surface area contributed by atoms with Gasteiger partial charge in [0.15, 0.2) is 0 Å². The molecule has 0 radical (unpaired) electrons.